The lowest BCUT2D eigenvalue weighted by Crippen LogP contribution is -2.19. The van der Waals surface area contributed by atoms with Gasteiger partial charge in [-0.05, 0) is 50.7 Å². The van der Waals surface area contributed by atoms with Crippen molar-refractivity contribution >= 4 is 32.6 Å². The van der Waals surface area contributed by atoms with E-state index in [2.05, 4.69) is 45.0 Å². The molecular formula is C16H19BrN2O. The van der Waals surface area contributed by atoms with Crippen molar-refractivity contribution in [2.24, 2.45) is 5.92 Å². The van der Waals surface area contributed by atoms with Crippen LogP contribution in [0.15, 0.2) is 28.9 Å². The van der Waals surface area contributed by atoms with Gasteiger partial charge in [0.15, 0.2) is 0 Å². The number of halogens is 1. The first-order valence-corrected chi connectivity index (χ1v) is 8.05. The summed E-state index contributed by atoms with van der Waals surface area (Å²) in [7, 11) is 0. The molecule has 1 aliphatic rings. The normalized spacial score (nSPS) is 23.1. The Balaban J connectivity index is 1.71. The maximum atomic E-state index is 11.2. The van der Waals surface area contributed by atoms with Crippen LogP contribution in [-0.2, 0) is 4.79 Å². The Morgan fingerprint density at radius 2 is 2.10 bits per heavy atom. The fourth-order valence-corrected chi connectivity index (χ4v) is 3.56. The average molecular weight is 335 g/mol. The molecule has 4 heteroatoms. The van der Waals surface area contributed by atoms with E-state index in [1.807, 2.05) is 0 Å². The fourth-order valence-electron chi connectivity index (χ4n) is 3.22. The van der Waals surface area contributed by atoms with E-state index in [9.17, 15) is 4.79 Å². The Kier molecular flexibility index (Phi) is 3.92. The third kappa shape index (κ3) is 2.95. The first kappa shape index (κ1) is 13.8. The van der Waals surface area contributed by atoms with Gasteiger partial charge in [0, 0.05) is 22.5 Å². The van der Waals surface area contributed by atoms with Gasteiger partial charge in [-0.15, -0.1) is 0 Å². The second-order valence-corrected chi connectivity index (χ2v) is 6.81. The predicted molar refractivity (Wildman–Crippen MR) is 83.7 cm³/mol. The summed E-state index contributed by atoms with van der Waals surface area (Å²) in [5.74, 6) is 0.908. The van der Waals surface area contributed by atoms with Crippen LogP contribution in [0.4, 0.5) is 0 Å². The summed E-state index contributed by atoms with van der Waals surface area (Å²) in [6.45, 7) is 1.70. The molecule has 0 unspecified atom stereocenters. The van der Waals surface area contributed by atoms with Crippen molar-refractivity contribution in [1.29, 1.82) is 0 Å². The van der Waals surface area contributed by atoms with Crippen LogP contribution < -0.4 is 0 Å². The molecule has 1 aromatic carbocycles. The Labute approximate surface area is 127 Å². The van der Waals surface area contributed by atoms with Crippen LogP contribution in [0.3, 0.4) is 0 Å². The van der Waals surface area contributed by atoms with Crippen molar-refractivity contribution < 1.29 is 4.79 Å². The molecule has 3 rings (SSSR count). The molecule has 0 saturated heterocycles. The standard InChI is InChI=1S/C16H19BrN2O/c1-11(20)8-12-2-6-15(7-3-12)19-10-13-4-5-14(17)9-16(13)18-19/h4-5,9-10,12,15H,2-3,6-8H2,1H3. The molecule has 20 heavy (non-hydrogen) atoms. The second kappa shape index (κ2) is 5.68. The van der Waals surface area contributed by atoms with Gasteiger partial charge in [-0.2, -0.15) is 5.10 Å². The minimum Gasteiger partial charge on any atom is -0.300 e. The molecule has 1 heterocycles. The van der Waals surface area contributed by atoms with E-state index >= 15 is 0 Å². The fraction of sp³-hybridized carbons (Fsp3) is 0.500. The number of hydrogen-bond donors (Lipinski definition) is 0. The minimum atomic E-state index is 0.322. The summed E-state index contributed by atoms with van der Waals surface area (Å²) in [6.07, 6.45) is 7.45. The molecule has 0 aliphatic heterocycles. The van der Waals surface area contributed by atoms with Gasteiger partial charge in [0.25, 0.3) is 0 Å². The molecule has 1 saturated carbocycles. The third-order valence-electron chi connectivity index (χ3n) is 4.25. The predicted octanol–water partition coefficient (Wildman–Crippen LogP) is 4.51. The molecule has 0 spiro atoms. The summed E-state index contributed by atoms with van der Waals surface area (Å²) in [5, 5.41) is 5.90. The van der Waals surface area contributed by atoms with E-state index in [-0.39, 0.29) is 0 Å². The van der Waals surface area contributed by atoms with Crippen molar-refractivity contribution in [3.63, 3.8) is 0 Å². The number of fused-ring (bicyclic) bond motifs is 1. The zero-order valence-electron chi connectivity index (χ0n) is 11.7. The van der Waals surface area contributed by atoms with E-state index in [1.165, 1.54) is 5.39 Å². The zero-order valence-corrected chi connectivity index (χ0v) is 13.3. The number of ketones is 1. The smallest absolute Gasteiger partial charge is 0.130 e. The topological polar surface area (TPSA) is 34.9 Å². The highest BCUT2D eigenvalue weighted by atomic mass is 79.9. The van der Waals surface area contributed by atoms with Gasteiger partial charge in [-0.3, -0.25) is 4.68 Å². The van der Waals surface area contributed by atoms with E-state index in [0.717, 1.165) is 42.1 Å². The van der Waals surface area contributed by atoms with E-state index in [4.69, 9.17) is 5.10 Å². The lowest BCUT2D eigenvalue weighted by Gasteiger charge is -2.28. The van der Waals surface area contributed by atoms with Crippen LogP contribution >= 0.6 is 15.9 Å². The van der Waals surface area contributed by atoms with E-state index in [0.29, 0.717) is 17.7 Å². The lowest BCUT2D eigenvalue weighted by molar-refractivity contribution is -0.118. The quantitative estimate of drug-likeness (QED) is 0.827. The van der Waals surface area contributed by atoms with E-state index in [1.54, 1.807) is 6.92 Å². The Morgan fingerprint density at radius 3 is 2.80 bits per heavy atom. The van der Waals surface area contributed by atoms with Crippen LogP contribution in [0.5, 0.6) is 0 Å². The highest BCUT2D eigenvalue weighted by Gasteiger charge is 2.23. The summed E-state index contributed by atoms with van der Waals surface area (Å²) in [6, 6.07) is 6.71. The maximum Gasteiger partial charge on any atom is 0.130 e. The molecule has 1 aromatic heterocycles. The molecule has 1 fully saturated rings. The highest BCUT2D eigenvalue weighted by molar-refractivity contribution is 9.10. The molecule has 2 aromatic rings. The number of carbonyl (C=O) groups excluding carboxylic acids is 1. The molecule has 0 amide bonds. The van der Waals surface area contributed by atoms with Crippen molar-refractivity contribution in [3.05, 3.63) is 28.9 Å². The van der Waals surface area contributed by atoms with Gasteiger partial charge in [0.2, 0.25) is 0 Å². The Hall–Kier alpha value is -1.16. The molecule has 3 nitrogen and oxygen atoms in total. The number of hydrogen-bond acceptors (Lipinski definition) is 2. The molecular weight excluding hydrogens is 316 g/mol. The second-order valence-electron chi connectivity index (χ2n) is 5.89. The number of Topliss-reactive ketones (excluding diaryl/α,β-unsaturated/α-hetero) is 1. The first-order chi connectivity index (χ1) is 9.61. The van der Waals surface area contributed by atoms with Crippen LogP contribution in [0.25, 0.3) is 10.9 Å². The molecule has 0 N–H and O–H groups in total. The number of nitrogens with zero attached hydrogens (tertiary/aromatic N) is 2. The summed E-state index contributed by atoms with van der Waals surface area (Å²) in [5.41, 5.74) is 1.05. The van der Waals surface area contributed by atoms with E-state index < -0.39 is 0 Å². The number of carbonyl (C=O) groups is 1. The Bertz CT molecular complexity index is 626. The van der Waals surface area contributed by atoms with Crippen molar-refractivity contribution in [1.82, 2.24) is 9.78 Å². The highest BCUT2D eigenvalue weighted by Crippen LogP contribution is 2.34. The van der Waals surface area contributed by atoms with Gasteiger partial charge in [-0.25, -0.2) is 0 Å². The molecule has 1 aliphatic carbocycles. The zero-order chi connectivity index (χ0) is 14.1. The molecule has 0 bridgehead atoms. The molecule has 106 valence electrons. The third-order valence-corrected chi connectivity index (χ3v) is 4.75. The van der Waals surface area contributed by atoms with Crippen LogP contribution in [0.1, 0.15) is 45.1 Å². The van der Waals surface area contributed by atoms with Gasteiger partial charge >= 0.3 is 0 Å². The molecule has 0 atom stereocenters. The van der Waals surface area contributed by atoms with Crippen LogP contribution in [0.2, 0.25) is 0 Å². The van der Waals surface area contributed by atoms with Gasteiger partial charge < -0.3 is 4.79 Å². The van der Waals surface area contributed by atoms with Crippen LogP contribution in [0, 0.1) is 5.92 Å². The average Bonchev–Trinajstić information content (AvgIpc) is 2.81. The first-order valence-electron chi connectivity index (χ1n) is 7.25. The maximum absolute atomic E-state index is 11.2. The summed E-state index contributed by atoms with van der Waals surface area (Å²) in [4.78, 5) is 11.2. The van der Waals surface area contributed by atoms with Crippen LogP contribution in [-0.4, -0.2) is 15.6 Å². The Morgan fingerprint density at radius 1 is 1.35 bits per heavy atom. The SMILES string of the molecule is CC(=O)CC1CCC(n2cc3ccc(Br)cc3n2)CC1. The van der Waals surface area contributed by atoms with Crippen molar-refractivity contribution in [3.8, 4) is 0 Å². The minimum absolute atomic E-state index is 0.322. The largest absolute Gasteiger partial charge is 0.300 e. The molecule has 0 radical (unpaired) electrons. The number of aromatic nitrogens is 2. The van der Waals surface area contributed by atoms with Crippen molar-refractivity contribution in [2.75, 3.05) is 0 Å². The van der Waals surface area contributed by atoms with Gasteiger partial charge in [0.1, 0.15) is 5.78 Å². The van der Waals surface area contributed by atoms with Gasteiger partial charge in [0.05, 0.1) is 11.6 Å². The monoisotopic (exact) mass is 334 g/mol. The summed E-state index contributed by atoms with van der Waals surface area (Å²) >= 11 is 3.49. The summed E-state index contributed by atoms with van der Waals surface area (Å²) < 4.78 is 3.20. The number of rotatable bonds is 3. The number of benzene rings is 1. The van der Waals surface area contributed by atoms with Crippen molar-refractivity contribution in [2.45, 2.75) is 45.1 Å². The van der Waals surface area contributed by atoms with Gasteiger partial charge in [-0.1, -0.05) is 22.0 Å². The lowest BCUT2D eigenvalue weighted by atomic mass is 9.83.